The van der Waals surface area contributed by atoms with E-state index in [0.717, 1.165) is 22.8 Å². The summed E-state index contributed by atoms with van der Waals surface area (Å²) in [4.78, 5) is 14.1. The number of rotatable bonds is 5. The number of carbonyl (C=O) groups is 1. The molecular weight excluding hydrogens is 280 g/mol. The highest BCUT2D eigenvalue weighted by Gasteiger charge is 2.17. The third kappa shape index (κ3) is 4.96. The summed E-state index contributed by atoms with van der Waals surface area (Å²) in [6.07, 6.45) is 0. The number of benzene rings is 1. The van der Waals surface area contributed by atoms with Crippen molar-refractivity contribution >= 4 is 35.8 Å². The molecule has 1 unspecified atom stereocenters. The van der Waals surface area contributed by atoms with Gasteiger partial charge in [-0.05, 0) is 43.4 Å². The largest absolute Gasteiger partial charge is 0.399 e. The van der Waals surface area contributed by atoms with Crippen LogP contribution in [0.5, 0.6) is 0 Å². The predicted molar refractivity (Wildman–Crippen MR) is 87.4 cm³/mol. The monoisotopic (exact) mass is 302 g/mol. The average Bonchev–Trinajstić information content (AvgIpc) is 2.37. The van der Waals surface area contributed by atoms with Gasteiger partial charge in [-0.2, -0.15) is 11.8 Å². The maximum atomic E-state index is 12.3. The number of nitrogens with two attached hydrogens (primary N) is 1. The van der Waals surface area contributed by atoms with E-state index in [9.17, 15) is 4.79 Å². The Kier molecular flexibility index (Phi) is 7.95. The van der Waals surface area contributed by atoms with Crippen LogP contribution in [0.2, 0.25) is 0 Å². The quantitative estimate of drug-likeness (QED) is 0.850. The van der Waals surface area contributed by atoms with Gasteiger partial charge in [-0.15, -0.1) is 12.4 Å². The van der Waals surface area contributed by atoms with Crippen molar-refractivity contribution in [3.63, 3.8) is 0 Å². The van der Waals surface area contributed by atoms with Gasteiger partial charge in [-0.3, -0.25) is 4.79 Å². The van der Waals surface area contributed by atoms with Gasteiger partial charge < -0.3 is 10.6 Å². The minimum Gasteiger partial charge on any atom is -0.399 e. The molecule has 19 heavy (non-hydrogen) atoms. The molecule has 0 saturated carbocycles. The summed E-state index contributed by atoms with van der Waals surface area (Å²) in [5, 5.41) is 0. The fraction of sp³-hybridized carbons (Fsp3) is 0.500. The zero-order valence-electron chi connectivity index (χ0n) is 12.0. The lowest BCUT2D eigenvalue weighted by Crippen LogP contribution is -2.36. The first-order valence-electron chi connectivity index (χ1n) is 6.18. The smallest absolute Gasteiger partial charge is 0.253 e. The topological polar surface area (TPSA) is 46.3 Å². The van der Waals surface area contributed by atoms with E-state index in [-0.39, 0.29) is 24.4 Å². The third-order valence-electron chi connectivity index (χ3n) is 3.06. The lowest BCUT2D eigenvalue weighted by molar-refractivity contribution is 0.0757. The number of amides is 1. The molecule has 0 aromatic heterocycles. The predicted octanol–water partition coefficient (Wildman–Crippen LogP) is 3.21. The first-order valence-corrected chi connectivity index (χ1v) is 7.33. The zero-order chi connectivity index (χ0) is 13.7. The molecule has 1 atom stereocenters. The molecule has 1 rings (SSSR count). The zero-order valence-corrected chi connectivity index (χ0v) is 13.6. The summed E-state index contributed by atoms with van der Waals surface area (Å²) in [6, 6.07) is 5.68. The Hall–Kier alpha value is -0.870. The van der Waals surface area contributed by atoms with E-state index in [1.807, 2.05) is 31.8 Å². The molecule has 0 fully saturated rings. The molecule has 1 aromatic carbocycles. The molecule has 2 N–H and O–H groups in total. The number of hydrogen-bond acceptors (Lipinski definition) is 3. The minimum absolute atomic E-state index is 0. The van der Waals surface area contributed by atoms with Gasteiger partial charge in [-0.25, -0.2) is 0 Å². The van der Waals surface area contributed by atoms with Crippen molar-refractivity contribution in [3.05, 3.63) is 29.3 Å². The van der Waals surface area contributed by atoms with Crippen LogP contribution in [0.3, 0.4) is 0 Å². The van der Waals surface area contributed by atoms with E-state index in [1.165, 1.54) is 0 Å². The number of halogens is 1. The Labute approximate surface area is 126 Å². The molecule has 3 nitrogen and oxygen atoms in total. The van der Waals surface area contributed by atoms with Crippen LogP contribution in [0, 0.1) is 6.92 Å². The van der Waals surface area contributed by atoms with Crippen molar-refractivity contribution in [2.45, 2.75) is 26.8 Å². The van der Waals surface area contributed by atoms with Gasteiger partial charge in [0, 0.05) is 30.1 Å². The van der Waals surface area contributed by atoms with E-state index >= 15 is 0 Å². The number of nitrogen functional groups attached to an aromatic ring is 1. The average molecular weight is 303 g/mol. The van der Waals surface area contributed by atoms with Gasteiger partial charge >= 0.3 is 0 Å². The van der Waals surface area contributed by atoms with Gasteiger partial charge in [-0.1, -0.05) is 6.92 Å². The molecular formula is C14H23ClN2OS. The second-order valence-corrected chi connectivity index (χ2v) is 5.81. The minimum atomic E-state index is 0. The van der Waals surface area contributed by atoms with Crippen molar-refractivity contribution in [2.75, 3.05) is 24.3 Å². The van der Waals surface area contributed by atoms with Gasteiger partial charge in [0.15, 0.2) is 0 Å². The van der Waals surface area contributed by atoms with Gasteiger partial charge in [0.1, 0.15) is 0 Å². The normalized spacial score (nSPS) is 11.6. The molecule has 0 heterocycles. The van der Waals surface area contributed by atoms with Crippen LogP contribution >= 0.6 is 24.2 Å². The van der Waals surface area contributed by atoms with Gasteiger partial charge in [0.2, 0.25) is 0 Å². The molecule has 0 saturated heterocycles. The Morgan fingerprint density at radius 2 is 2.11 bits per heavy atom. The molecule has 0 radical (unpaired) electrons. The second kappa shape index (κ2) is 8.33. The maximum Gasteiger partial charge on any atom is 0.253 e. The Bertz CT molecular complexity index is 426. The van der Waals surface area contributed by atoms with E-state index in [4.69, 9.17) is 5.73 Å². The standard InChI is InChI=1S/C14H22N2OS.ClH/c1-5-18-9-11(3)16(4)14(17)12-6-7-13(15)10(2)8-12;/h6-8,11H,5,9,15H2,1-4H3;1H. The van der Waals surface area contributed by atoms with Crippen LogP contribution in [-0.4, -0.2) is 35.4 Å². The number of aryl methyl sites for hydroxylation is 1. The summed E-state index contributed by atoms with van der Waals surface area (Å²) >= 11 is 1.85. The number of thioether (sulfide) groups is 1. The third-order valence-corrected chi connectivity index (χ3v) is 4.19. The van der Waals surface area contributed by atoms with Crippen molar-refractivity contribution in [2.24, 2.45) is 0 Å². The van der Waals surface area contributed by atoms with Crippen LogP contribution in [-0.2, 0) is 0 Å². The summed E-state index contributed by atoms with van der Waals surface area (Å²) in [6.45, 7) is 6.12. The summed E-state index contributed by atoms with van der Waals surface area (Å²) < 4.78 is 0. The Morgan fingerprint density at radius 3 is 2.63 bits per heavy atom. The highest BCUT2D eigenvalue weighted by Crippen LogP contribution is 2.16. The molecule has 5 heteroatoms. The first-order chi connectivity index (χ1) is 8.47. The fourth-order valence-corrected chi connectivity index (χ4v) is 2.41. The number of anilines is 1. The van der Waals surface area contributed by atoms with Crippen LogP contribution < -0.4 is 5.73 Å². The SMILES string of the molecule is CCSCC(C)N(C)C(=O)c1ccc(N)c(C)c1.Cl. The summed E-state index contributed by atoms with van der Waals surface area (Å²) in [7, 11) is 1.86. The van der Waals surface area contributed by atoms with Crippen molar-refractivity contribution in [1.82, 2.24) is 4.90 Å². The van der Waals surface area contributed by atoms with E-state index < -0.39 is 0 Å². The highest BCUT2D eigenvalue weighted by molar-refractivity contribution is 7.99. The molecule has 1 aromatic rings. The van der Waals surface area contributed by atoms with Gasteiger partial charge in [0.25, 0.3) is 5.91 Å². The van der Waals surface area contributed by atoms with Crippen molar-refractivity contribution in [3.8, 4) is 0 Å². The lowest BCUT2D eigenvalue weighted by atomic mass is 10.1. The number of hydrogen-bond donors (Lipinski definition) is 1. The number of carbonyl (C=O) groups excluding carboxylic acids is 1. The Morgan fingerprint density at radius 1 is 1.47 bits per heavy atom. The van der Waals surface area contributed by atoms with E-state index in [2.05, 4.69) is 13.8 Å². The van der Waals surface area contributed by atoms with Crippen molar-refractivity contribution in [1.29, 1.82) is 0 Å². The summed E-state index contributed by atoms with van der Waals surface area (Å²) in [5.41, 5.74) is 8.14. The molecule has 1 amide bonds. The molecule has 0 aliphatic rings. The molecule has 0 bridgehead atoms. The van der Waals surface area contributed by atoms with Crippen LogP contribution in [0.15, 0.2) is 18.2 Å². The van der Waals surface area contributed by atoms with E-state index in [0.29, 0.717) is 5.56 Å². The Balaban J connectivity index is 0.00000324. The molecule has 108 valence electrons. The van der Waals surface area contributed by atoms with E-state index in [1.54, 1.807) is 17.0 Å². The number of nitrogens with zero attached hydrogens (tertiary/aromatic N) is 1. The fourth-order valence-electron chi connectivity index (χ4n) is 1.61. The molecule has 0 spiro atoms. The summed E-state index contributed by atoms with van der Waals surface area (Å²) in [5.74, 6) is 2.10. The molecule has 0 aliphatic carbocycles. The van der Waals surface area contributed by atoms with Crippen LogP contribution in [0.25, 0.3) is 0 Å². The second-order valence-electron chi connectivity index (χ2n) is 4.50. The van der Waals surface area contributed by atoms with Crippen LogP contribution in [0.1, 0.15) is 29.8 Å². The lowest BCUT2D eigenvalue weighted by Gasteiger charge is -2.25. The first kappa shape index (κ1) is 18.1. The van der Waals surface area contributed by atoms with Crippen LogP contribution in [0.4, 0.5) is 5.69 Å². The molecule has 0 aliphatic heterocycles. The van der Waals surface area contributed by atoms with Gasteiger partial charge in [0.05, 0.1) is 0 Å². The van der Waals surface area contributed by atoms with Crippen molar-refractivity contribution < 1.29 is 4.79 Å². The maximum absolute atomic E-state index is 12.3. The highest BCUT2D eigenvalue weighted by atomic mass is 35.5.